The molecule has 0 aliphatic carbocycles. The van der Waals surface area contributed by atoms with Gasteiger partial charge in [0.25, 0.3) is 12.3 Å². The Balaban J connectivity index is 2.78. The number of rotatable bonds is 6. The number of methoxy groups -OCH3 is 1. The lowest BCUT2D eigenvalue weighted by molar-refractivity contribution is 0.0954. The van der Waals surface area contributed by atoms with Gasteiger partial charge in [0, 0.05) is 17.3 Å². The molecule has 0 bridgehead atoms. The summed E-state index contributed by atoms with van der Waals surface area (Å²) in [6.07, 6.45) is 0.805. The smallest absolute Gasteiger partial charge is 0.280 e. The first-order valence-electron chi connectivity index (χ1n) is 6.97. The summed E-state index contributed by atoms with van der Waals surface area (Å²) in [5, 5.41) is 7.80. The van der Waals surface area contributed by atoms with Crippen LogP contribution in [0.1, 0.15) is 28.2 Å². The predicted molar refractivity (Wildman–Crippen MR) is 87.7 cm³/mol. The SMILES string of the molecule is C=CC(=N)c1cc(-c2cc(C(F)F)ncc2OC)c(C(=O)NN)cn1. The number of carbonyl (C=O) groups is 1. The molecule has 130 valence electrons. The van der Waals surface area contributed by atoms with Crippen molar-refractivity contribution >= 4 is 11.6 Å². The Kier molecular flexibility index (Phi) is 5.50. The predicted octanol–water partition coefficient (Wildman–Crippen LogP) is 2.25. The molecule has 0 unspecified atom stereocenters. The van der Waals surface area contributed by atoms with Crippen molar-refractivity contribution in [2.75, 3.05) is 7.11 Å². The number of pyridine rings is 2. The van der Waals surface area contributed by atoms with Gasteiger partial charge >= 0.3 is 0 Å². The average molecular weight is 347 g/mol. The highest BCUT2D eigenvalue weighted by Crippen LogP contribution is 2.34. The van der Waals surface area contributed by atoms with Crippen molar-refractivity contribution in [3.63, 3.8) is 0 Å². The van der Waals surface area contributed by atoms with Crippen LogP contribution in [0.15, 0.2) is 37.2 Å². The van der Waals surface area contributed by atoms with E-state index >= 15 is 0 Å². The van der Waals surface area contributed by atoms with E-state index in [1.165, 1.54) is 25.4 Å². The van der Waals surface area contributed by atoms with Crippen molar-refractivity contribution in [2.24, 2.45) is 5.84 Å². The lowest BCUT2D eigenvalue weighted by Crippen LogP contribution is -2.30. The zero-order chi connectivity index (χ0) is 18.6. The number of nitrogens with one attached hydrogen (secondary N) is 2. The van der Waals surface area contributed by atoms with E-state index in [4.69, 9.17) is 16.0 Å². The molecular formula is C16H15F2N5O2. The lowest BCUT2D eigenvalue weighted by atomic mass is 9.98. The molecule has 0 spiro atoms. The number of hydrogen-bond donors (Lipinski definition) is 3. The first-order chi connectivity index (χ1) is 11.9. The number of amides is 1. The first-order valence-corrected chi connectivity index (χ1v) is 6.97. The third-order valence-corrected chi connectivity index (χ3v) is 3.38. The Morgan fingerprint density at radius 3 is 2.64 bits per heavy atom. The van der Waals surface area contributed by atoms with Crippen LogP contribution < -0.4 is 16.0 Å². The van der Waals surface area contributed by atoms with E-state index < -0.39 is 18.0 Å². The number of allylic oxidation sites excluding steroid dienone is 1. The molecule has 2 rings (SSSR count). The van der Waals surface area contributed by atoms with Crippen molar-refractivity contribution < 1.29 is 18.3 Å². The maximum atomic E-state index is 13.0. The summed E-state index contributed by atoms with van der Waals surface area (Å²) in [6.45, 7) is 3.49. The quantitative estimate of drug-likeness (QED) is 0.321. The third kappa shape index (κ3) is 3.66. The number of nitrogens with zero attached hydrogens (tertiary/aromatic N) is 2. The normalized spacial score (nSPS) is 10.4. The minimum atomic E-state index is -2.80. The largest absolute Gasteiger partial charge is 0.494 e. The summed E-state index contributed by atoms with van der Waals surface area (Å²) in [7, 11) is 1.35. The van der Waals surface area contributed by atoms with Gasteiger partial charge < -0.3 is 4.74 Å². The minimum absolute atomic E-state index is 0.00284. The van der Waals surface area contributed by atoms with Crippen LogP contribution in [0.25, 0.3) is 11.1 Å². The zero-order valence-electron chi connectivity index (χ0n) is 13.2. The van der Waals surface area contributed by atoms with Crippen LogP contribution in [0.2, 0.25) is 0 Å². The Hall–Kier alpha value is -3.20. The number of hydrazine groups is 1. The number of alkyl halides is 2. The highest BCUT2D eigenvalue weighted by Gasteiger charge is 2.20. The van der Waals surface area contributed by atoms with Crippen molar-refractivity contribution in [2.45, 2.75) is 6.43 Å². The first kappa shape index (κ1) is 18.1. The van der Waals surface area contributed by atoms with E-state index in [2.05, 4.69) is 16.5 Å². The molecule has 0 atom stereocenters. The van der Waals surface area contributed by atoms with Crippen molar-refractivity contribution in [3.05, 3.63) is 54.1 Å². The fourth-order valence-corrected chi connectivity index (χ4v) is 2.14. The van der Waals surface area contributed by atoms with E-state index in [1.807, 2.05) is 5.43 Å². The summed E-state index contributed by atoms with van der Waals surface area (Å²) in [4.78, 5) is 19.7. The number of halogens is 2. The van der Waals surface area contributed by atoms with Gasteiger partial charge in [0.05, 0.1) is 30.3 Å². The average Bonchev–Trinajstić information content (AvgIpc) is 2.65. The molecule has 0 fully saturated rings. The van der Waals surface area contributed by atoms with Gasteiger partial charge in [0.15, 0.2) is 0 Å². The third-order valence-electron chi connectivity index (χ3n) is 3.38. The van der Waals surface area contributed by atoms with E-state index in [1.54, 1.807) is 0 Å². The second-order valence-corrected chi connectivity index (χ2v) is 4.82. The molecule has 0 radical (unpaired) electrons. The molecule has 25 heavy (non-hydrogen) atoms. The van der Waals surface area contributed by atoms with Crippen molar-refractivity contribution in [3.8, 4) is 16.9 Å². The lowest BCUT2D eigenvalue weighted by Gasteiger charge is -2.14. The molecule has 0 aromatic carbocycles. The van der Waals surface area contributed by atoms with Crippen LogP contribution in [0.4, 0.5) is 8.78 Å². The van der Waals surface area contributed by atoms with Gasteiger partial charge in [-0.15, -0.1) is 0 Å². The maximum absolute atomic E-state index is 13.0. The Bertz CT molecular complexity index is 839. The van der Waals surface area contributed by atoms with E-state index in [0.717, 1.165) is 12.3 Å². The maximum Gasteiger partial charge on any atom is 0.280 e. The molecule has 2 aromatic heterocycles. The van der Waals surface area contributed by atoms with E-state index in [0.29, 0.717) is 0 Å². The summed E-state index contributed by atoms with van der Waals surface area (Å²) in [5.74, 6) is 4.68. The Morgan fingerprint density at radius 2 is 2.08 bits per heavy atom. The summed E-state index contributed by atoms with van der Waals surface area (Å²) >= 11 is 0. The molecule has 4 N–H and O–H groups in total. The molecular weight excluding hydrogens is 332 g/mol. The number of carbonyl (C=O) groups excluding carboxylic acids is 1. The number of nitrogen functional groups attached to an aromatic ring is 1. The molecule has 0 saturated carbocycles. The minimum Gasteiger partial charge on any atom is -0.494 e. The molecule has 0 aliphatic heterocycles. The number of ether oxygens (including phenoxy) is 1. The fraction of sp³-hybridized carbons (Fsp3) is 0.125. The molecule has 0 saturated heterocycles. The summed E-state index contributed by atoms with van der Waals surface area (Å²) in [5.41, 5.74) is 2.16. The van der Waals surface area contributed by atoms with Gasteiger partial charge in [-0.05, 0) is 18.2 Å². The zero-order valence-corrected chi connectivity index (χ0v) is 13.2. The van der Waals surface area contributed by atoms with Gasteiger partial charge in [-0.25, -0.2) is 14.6 Å². The fourth-order valence-electron chi connectivity index (χ4n) is 2.14. The molecule has 9 heteroatoms. The molecule has 2 heterocycles. The Morgan fingerprint density at radius 1 is 1.36 bits per heavy atom. The molecule has 1 amide bonds. The van der Waals surface area contributed by atoms with Gasteiger partial charge in [-0.1, -0.05) is 6.58 Å². The number of hydrogen-bond acceptors (Lipinski definition) is 6. The van der Waals surface area contributed by atoms with Crippen LogP contribution in [-0.4, -0.2) is 28.7 Å². The van der Waals surface area contributed by atoms with Gasteiger partial charge in [0.1, 0.15) is 11.4 Å². The Labute approximate surface area is 142 Å². The second-order valence-electron chi connectivity index (χ2n) is 4.82. The molecule has 2 aromatic rings. The van der Waals surface area contributed by atoms with Crippen LogP contribution in [-0.2, 0) is 0 Å². The highest BCUT2D eigenvalue weighted by atomic mass is 19.3. The molecule has 7 nitrogen and oxygen atoms in total. The van der Waals surface area contributed by atoms with E-state index in [-0.39, 0.29) is 33.8 Å². The van der Waals surface area contributed by atoms with E-state index in [9.17, 15) is 13.6 Å². The van der Waals surface area contributed by atoms with Crippen LogP contribution in [0.5, 0.6) is 5.75 Å². The number of nitrogens with two attached hydrogens (primary N) is 1. The van der Waals surface area contributed by atoms with Crippen molar-refractivity contribution in [1.82, 2.24) is 15.4 Å². The topological polar surface area (TPSA) is 114 Å². The second kappa shape index (κ2) is 7.58. The highest BCUT2D eigenvalue weighted by molar-refractivity contribution is 6.07. The van der Waals surface area contributed by atoms with Gasteiger partial charge in [0.2, 0.25) is 0 Å². The summed E-state index contributed by atoms with van der Waals surface area (Å²) in [6, 6.07) is 2.52. The van der Waals surface area contributed by atoms with Crippen molar-refractivity contribution in [1.29, 1.82) is 5.41 Å². The van der Waals surface area contributed by atoms with Gasteiger partial charge in [-0.3, -0.25) is 25.6 Å². The monoisotopic (exact) mass is 347 g/mol. The van der Waals surface area contributed by atoms with Crippen LogP contribution in [0.3, 0.4) is 0 Å². The number of aromatic nitrogens is 2. The molecule has 0 aliphatic rings. The van der Waals surface area contributed by atoms with Gasteiger partial charge in [-0.2, -0.15) is 0 Å². The van der Waals surface area contributed by atoms with Crippen LogP contribution in [0, 0.1) is 5.41 Å². The van der Waals surface area contributed by atoms with Crippen LogP contribution >= 0.6 is 0 Å². The standard InChI is InChI=1S/C16H15F2N5O2/c1-3-11(19)12-4-8(10(6-21-12)16(24)23-20)9-5-13(15(17)18)22-7-14(9)25-2/h3-7,15,19H,1,20H2,2H3,(H,23,24). The summed E-state index contributed by atoms with van der Waals surface area (Å²) < 4.78 is 31.2.